The number of hydrogen-bond donors (Lipinski definition) is 1. The van der Waals surface area contributed by atoms with Gasteiger partial charge in [0.2, 0.25) is 0 Å². The predicted molar refractivity (Wildman–Crippen MR) is 105 cm³/mol. The van der Waals surface area contributed by atoms with Crippen LogP contribution in [0.2, 0.25) is 0 Å². The number of rotatable bonds is 3. The van der Waals surface area contributed by atoms with Crippen LogP contribution in [0, 0.1) is 0 Å². The van der Waals surface area contributed by atoms with Crippen LogP contribution in [0.25, 0.3) is 0 Å². The molecule has 1 N–H and O–H groups in total. The summed E-state index contributed by atoms with van der Waals surface area (Å²) in [5, 5.41) is 7.98. The minimum Gasteiger partial charge on any atom is -0.337 e. The summed E-state index contributed by atoms with van der Waals surface area (Å²) in [7, 11) is 1.92. The third-order valence-electron chi connectivity index (χ3n) is 5.66. The second kappa shape index (κ2) is 8.23. The number of halogens is 1. The van der Waals surface area contributed by atoms with Crippen molar-refractivity contribution in [2.45, 2.75) is 44.2 Å². The Bertz CT molecular complexity index is 754. The lowest BCUT2D eigenvalue weighted by molar-refractivity contribution is 0.0711. The number of benzene rings is 1. The van der Waals surface area contributed by atoms with Gasteiger partial charge in [-0.15, -0.1) is 12.4 Å². The molecule has 2 unspecified atom stereocenters. The third kappa shape index (κ3) is 3.79. The summed E-state index contributed by atoms with van der Waals surface area (Å²) in [5.74, 6) is 0.0342. The van der Waals surface area contributed by atoms with Gasteiger partial charge in [-0.25, -0.2) is 0 Å². The number of hydrogen-bond acceptors (Lipinski definition) is 3. The summed E-state index contributed by atoms with van der Waals surface area (Å²) >= 11 is 0. The minimum atomic E-state index is 0. The summed E-state index contributed by atoms with van der Waals surface area (Å²) in [6.45, 7) is 2.01. The van der Waals surface area contributed by atoms with Gasteiger partial charge in [0, 0.05) is 25.8 Å². The zero-order chi connectivity index (χ0) is 17.2. The molecule has 1 aliphatic carbocycles. The maximum atomic E-state index is 12.9. The maximum absolute atomic E-state index is 12.9. The van der Waals surface area contributed by atoms with E-state index in [1.165, 1.54) is 11.1 Å². The van der Waals surface area contributed by atoms with E-state index in [-0.39, 0.29) is 24.4 Å². The molecule has 1 amide bonds. The van der Waals surface area contributed by atoms with E-state index in [2.05, 4.69) is 34.7 Å². The van der Waals surface area contributed by atoms with Crippen LogP contribution in [0.4, 0.5) is 0 Å². The topological polar surface area (TPSA) is 50.2 Å². The van der Waals surface area contributed by atoms with Gasteiger partial charge < -0.3 is 10.2 Å². The Labute approximate surface area is 161 Å². The highest BCUT2D eigenvalue weighted by Crippen LogP contribution is 2.25. The molecule has 2 aliphatic rings. The number of nitrogens with one attached hydrogen (secondary N) is 1. The largest absolute Gasteiger partial charge is 0.337 e. The SMILES string of the molecule is CN(C(=O)c1ccn(C2CCCNC2)n1)C1CCc2ccccc2C1.Cl. The fourth-order valence-corrected chi connectivity index (χ4v) is 4.07. The van der Waals surface area contributed by atoms with E-state index >= 15 is 0 Å². The van der Waals surface area contributed by atoms with E-state index < -0.39 is 0 Å². The predicted octanol–water partition coefficient (Wildman–Crippen LogP) is 2.86. The molecule has 2 heterocycles. The number of aryl methyl sites for hydroxylation is 1. The van der Waals surface area contributed by atoms with Crippen LogP contribution >= 0.6 is 12.4 Å². The average molecular weight is 375 g/mol. The standard InChI is InChI=1S/C20H26N4O.ClH/c1-23(17-9-8-15-5-2-3-6-16(15)13-17)20(25)19-10-12-24(22-19)18-7-4-11-21-14-18;/h2-3,5-6,10,12,17-18,21H,4,7-9,11,13-14H2,1H3;1H. The van der Waals surface area contributed by atoms with Crippen LogP contribution in [0.5, 0.6) is 0 Å². The second-order valence-corrected chi connectivity index (χ2v) is 7.26. The normalized spacial score (nSPS) is 22.2. The van der Waals surface area contributed by atoms with E-state index in [1.54, 1.807) is 0 Å². The van der Waals surface area contributed by atoms with E-state index in [4.69, 9.17) is 0 Å². The van der Waals surface area contributed by atoms with E-state index in [0.717, 1.165) is 45.2 Å². The molecule has 2 atom stereocenters. The van der Waals surface area contributed by atoms with E-state index in [1.807, 2.05) is 28.9 Å². The number of carbonyl (C=O) groups excluding carboxylic acids is 1. The molecule has 1 fully saturated rings. The van der Waals surface area contributed by atoms with Gasteiger partial charge in [0.1, 0.15) is 5.69 Å². The molecule has 0 saturated carbocycles. The number of carbonyl (C=O) groups is 1. The maximum Gasteiger partial charge on any atom is 0.274 e. The molecule has 6 heteroatoms. The van der Waals surface area contributed by atoms with Gasteiger partial charge in [-0.3, -0.25) is 9.48 Å². The summed E-state index contributed by atoms with van der Waals surface area (Å²) in [6.07, 6.45) is 7.24. The molecule has 26 heavy (non-hydrogen) atoms. The van der Waals surface area contributed by atoms with Crippen molar-refractivity contribution >= 4 is 18.3 Å². The van der Waals surface area contributed by atoms with E-state index in [9.17, 15) is 4.79 Å². The fourth-order valence-electron chi connectivity index (χ4n) is 4.07. The van der Waals surface area contributed by atoms with Crippen molar-refractivity contribution in [3.8, 4) is 0 Å². The first-order valence-electron chi connectivity index (χ1n) is 9.32. The fraction of sp³-hybridized carbons (Fsp3) is 0.500. The van der Waals surface area contributed by atoms with Crippen molar-refractivity contribution in [2.75, 3.05) is 20.1 Å². The number of amides is 1. The van der Waals surface area contributed by atoms with Gasteiger partial charge >= 0.3 is 0 Å². The van der Waals surface area contributed by atoms with Crippen molar-refractivity contribution in [3.63, 3.8) is 0 Å². The summed E-state index contributed by atoms with van der Waals surface area (Å²) < 4.78 is 1.96. The van der Waals surface area contributed by atoms with Crippen molar-refractivity contribution < 1.29 is 4.79 Å². The molecule has 1 aromatic heterocycles. The highest BCUT2D eigenvalue weighted by Gasteiger charge is 2.27. The Kier molecular flexibility index (Phi) is 5.99. The Balaban J connectivity index is 0.00000196. The quantitative estimate of drug-likeness (QED) is 0.898. The molecule has 2 aromatic rings. The molecular formula is C20H27ClN4O. The molecule has 0 bridgehead atoms. The van der Waals surface area contributed by atoms with Gasteiger partial charge in [0.05, 0.1) is 6.04 Å². The molecule has 0 spiro atoms. The lowest BCUT2D eigenvalue weighted by Crippen LogP contribution is -2.41. The molecular weight excluding hydrogens is 348 g/mol. The third-order valence-corrected chi connectivity index (χ3v) is 5.66. The monoisotopic (exact) mass is 374 g/mol. The van der Waals surface area contributed by atoms with Crippen LogP contribution in [-0.4, -0.2) is 46.8 Å². The van der Waals surface area contributed by atoms with Crippen LogP contribution in [0.3, 0.4) is 0 Å². The number of nitrogens with zero attached hydrogens (tertiary/aromatic N) is 3. The summed E-state index contributed by atoms with van der Waals surface area (Å²) in [6, 6.07) is 11.1. The number of piperidine rings is 1. The van der Waals surface area contributed by atoms with Crippen LogP contribution < -0.4 is 5.32 Å². The van der Waals surface area contributed by atoms with Crippen molar-refractivity contribution in [1.29, 1.82) is 0 Å². The minimum absolute atomic E-state index is 0. The Morgan fingerprint density at radius 1 is 1.23 bits per heavy atom. The van der Waals surface area contributed by atoms with Gasteiger partial charge in [0.25, 0.3) is 5.91 Å². The number of fused-ring (bicyclic) bond motifs is 1. The molecule has 1 aliphatic heterocycles. The number of likely N-dealkylation sites (N-methyl/N-ethyl adjacent to an activating group) is 1. The molecule has 140 valence electrons. The second-order valence-electron chi connectivity index (χ2n) is 7.26. The Morgan fingerprint density at radius 3 is 2.81 bits per heavy atom. The Hall–Kier alpha value is -1.85. The molecule has 0 radical (unpaired) electrons. The van der Waals surface area contributed by atoms with Crippen LogP contribution in [-0.2, 0) is 12.8 Å². The van der Waals surface area contributed by atoms with Crippen molar-refractivity contribution in [3.05, 3.63) is 53.3 Å². The van der Waals surface area contributed by atoms with Crippen LogP contribution in [0.15, 0.2) is 36.5 Å². The lowest BCUT2D eigenvalue weighted by atomic mass is 9.87. The first-order valence-corrected chi connectivity index (χ1v) is 9.32. The van der Waals surface area contributed by atoms with Crippen molar-refractivity contribution in [2.24, 2.45) is 0 Å². The summed E-state index contributed by atoms with van der Waals surface area (Å²) in [5.41, 5.74) is 3.36. The lowest BCUT2D eigenvalue weighted by Gasteiger charge is -2.32. The van der Waals surface area contributed by atoms with Gasteiger partial charge in [-0.05, 0) is 55.8 Å². The molecule has 1 aromatic carbocycles. The number of aromatic nitrogens is 2. The van der Waals surface area contributed by atoms with Gasteiger partial charge in [-0.1, -0.05) is 24.3 Å². The van der Waals surface area contributed by atoms with Crippen LogP contribution in [0.1, 0.15) is 46.9 Å². The Morgan fingerprint density at radius 2 is 2.04 bits per heavy atom. The average Bonchev–Trinajstić information content (AvgIpc) is 3.17. The molecule has 4 rings (SSSR count). The van der Waals surface area contributed by atoms with Gasteiger partial charge in [-0.2, -0.15) is 5.10 Å². The smallest absolute Gasteiger partial charge is 0.274 e. The first kappa shape index (κ1) is 18.9. The van der Waals surface area contributed by atoms with Crippen molar-refractivity contribution in [1.82, 2.24) is 20.0 Å². The zero-order valence-corrected chi connectivity index (χ0v) is 16.0. The molecule has 1 saturated heterocycles. The highest BCUT2D eigenvalue weighted by atomic mass is 35.5. The summed E-state index contributed by atoms with van der Waals surface area (Å²) in [4.78, 5) is 14.8. The first-order chi connectivity index (χ1) is 12.2. The molecule has 5 nitrogen and oxygen atoms in total. The highest BCUT2D eigenvalue weighted by molar-refractivity contribution is 5.92. The zero-order valence-electron chi connectivity index (χ0n) is 15.2. The van der Waals surface area contributed by atoms with Gasteiger partial charge in [0.15, 0.2) is 0 Å². The van der Waals surface area contributed by atoms with E-state index in [0.29, 0.717) is 11.7 Å².